The Morgan fingerprint density at radius 3 is 2.53 bits per heavy atom. The van der Waals surface area contributed by atoms with E-state index < -0.39 is 5.97 Å². The molecule has 1 aliphatic rings. The number of hydrogen-bond acceptors (Lipinski definition) is 4. The summed E-state index contributed by atoms with van der Waals surface area (Å²) in [5, 5.41) is 8.47. The predicted octanol–water partition coefficient (Wildman–Crippen LogP) is 0.832. The topological polar surface area (TPSA) is 66.8 Å². The molecule has 1 aliphatic heterocycles. The maximum Gasteiger partial charge on any atom is 0.313 e. The quantitative estimate of drug-likeness (QED) is 0.767. The molecule has 5 nitrogen and oxygen atoms in total. The van der Waals surface area contributed by atoms with Gasteiger partial charge < -0.3 is 14.7 Å². The number of piperidine rings is 1. The highest BCUT2D eigenvalue weighted by atomic mass is 32.2. The number of ether oxygens (including phenoxy) is 1. The van der Waals surface area contributed by atoms with Gasteiger partial charge in [-0.3, -0.25) is 9.59 Å². The molecule has 0 bridgehead atoms. The highest BCUT2D eigenvalue weighted by Gasteiger charge is 2.22. The van der Waals surface area contributed by atoms with Crippen LogP contribution in [0.15, 0.2) is 0 Å². The zero-order valence-corrected chi connectivity index (χ0v) is 10.9. The van der Waals surface area contributed by atoms with Crippen LogP contribution in [0, 0.1) is 0 Å². The summed E-state index contributed by atoms with van der Waals surface area (Å²) < 4.78 is 5.50. The lowest BCUT2D eigenvalue weighted by Gasteiger charge is -2.31. The zero-order chi connectivity index (χ0) is 12.7. The molecule has 0 unspecified atom stereocenters. The van der Waals surface area contributed by atoms with Crippen molar-refractivity contribution in [3.63, 3.8) is 0 Å². The SMILES string of the molecule is CCOC1CCN(C(=O)CSCC(=O)O)CC1. The van der Waals surface area contributed by atoms with Crippen molar-refractivity contribution in [1.82, 2.24) is 4.90 Å². The third kappa shape index (κ3) is 5.41. The van der Waals surface area contributed by atoms with Gasteiger partial charge in [-0.05, 0) is 19.8 Å². The van der Waals surface area contributed by atoms with Crippen molar-refractivity contribution >= 4 is 23.6 Å². The number of carboxylic acids is 1. The predicted molar refractivity (Wildman–Crippen MR) is 66.2 cm³/mol. The van der Waals surface area contributed by atoms with Gasteiger partial charge in [-0.2, -0.15) is 0 Å². The van der Waals surface area contributed by atoms with E-state index in [0.717, 1.165) is 37.7 Å². The van der Waals surface area contributed by atoms with Crippen molar-refractivity contribution in [2.24, 2.45) is 0 Å². The van der Waals surface area contributed by atoms with Crippen molar-refractivity contribution in [2.75, 3.05) is 31.2 Å². The lowest BCUT2D eigenvalue weighted by molar-refractivity contribution is -0.133. The summed E-state index contributed by atoms with van der Waals surface area (Å²) in [5.41, 5.74) is 0. The molecule has 1 saturated heterocycles. The molecule has 17 heavy (non-hydrogen) atoms. The number of thioether (sulfide) groups is 1. The average molecular weight is 261 g/mol. The Kier molecular flexibility index (Phi) is 6.36. The van der Waals surface area contributed by atoms with Crippen molar-refractivity contribution in [1.29, 1.82) is 0 Å². The number of likely N-dealkylation sites (tertiary alicyclic amines) is 1. The number of nitrogens with zero attached hydrogens (tertiary/aromatic N) is 1. The molecule has 0 aliphatic carbocycles. The van der Waals surface area contributed by atoms with Crippen molar-refractivity contribution in [3.05, 3.63) is 0 Å². The minimum absolute atomic E-state index is 0.0127. The minimum Gasteiger partial charge on any atom is -0.481 e. The monoisotopic (exact) mass is 261 g/mol. The van der Waals surface area contributed by atoms with Gasteiger partial charge in [-0.15, -0.1) is 11.8 Å². The Balaban J connectivity index is 2.19. The fraction of sp³-hybridized carbons (Fsp3) is 0.818. The van der Waals surface area contributed by atoms with Crippen LogP contribution >= 0.6 is 11.8 Å². The molecule has 0 spiro atoms. The molecule has 98 valence electrons. The van der Waals surface area contributed by atoms with E-state index in [2.05, 4.69) is 0 Å². The summed E-state index contributed by atoms with van der Waals surface area (Å²) in [6, 6.07) is 0. The van der Waals surface area contributed by atoms with Gasteiger partial charge in [0.15, 0.2) is 0 Å². The smallest absolute Gasteiger partial charge is 0.313 e. The van der Waals surface area contributed by atoms with Crippen molar-refractivity contribution in [3.8, 4) is 0 Å². The summed E-state index contributed by atoms with van der Waals surface area (Å²) in [7, 11) is 0. The molecule has 1 amide bonds. The second kappa shape index (κ2) is 7.55. The van der Waals surface area contributed by atoms with Gasteiger partial charge in [0.2, 0.25) is 5.91 Å². The summed E-state index contributed by atoms with van der Waals surface area (Å²) in [4.78, 5) is 23.8. The number of carbonyl (C=O) groups excluding carboxylic acids is 1. The third-order valence-corrected chi connectivity index (χ3v) is 3.55. The molecular formula is C11H19NO4S. The summed E-state index contributed by atoms with van der Waals surface area (Å²) in [6.45, 7) is 4.13. The first-order valence-corrected chi connectivity index (χ1v) is 6.98. The van der Waals surface area contributed by atoms with Crippen LogP contribution in [0.3, 0.4) is 0 Å². The van der Waals surface area contributed by atoms with E-state index in [1.165, 1.54) is 0 Å². The fourth-order valence-corrected chi connectivity index (χ4v) is 2.46. The second-order valence-corrected chi connectivity index (χ2v) is 4.91. The largest absolute Gasteiger partial charge is 0.481 e. The number of amides is 1. The van der Waals surface area contributed by atoms with Gasteiger partial charge in [0.1, 0.15) is 0 Å². The Morgan fingerprint density at radius 2 is 2.00 bits per heavy atom. The molecule has 1 rings (SSSR count). The minimum atomic E-state index is -0.877. The molecular weight excluding hydrogens is 242 g/mol. The molecule has 0 aromatic carbocycles. The fourth-order valence-electron chi connectivity index (χ4n) is 1.82. The van der Waals surface area contributed by atoms with Crippen LogP contribution in [-0.4, -0.2) is 59.2 Å². The summed E-state index contributed by atoms with van der Waals surface area (Å²) in [6.07, 6.45) is 2.03. The van der Waals surface area contributed by atoms with Crippen LogP contribution < -0.4 is 0 Å². The highest BCUT2D eigenvalue weighted by Crippen LogP contribution is 2.14. The first-order chi connectivity index (χ1) is 8.13. The Hall–Kier alpha value is -0.750. The average Bonchev–Trinajstić information content (AvgIpc) is 2.30. The molecule has 6 heteroatoms. The molecule has 1 heterocycles. The summed E-state index contributed by atoms with van der Waals surface area (Å²) in [5.74, 6) is -0.601. The van der Waals surface area contributed by atoms with Gasteiger partial charge in [0, 0.05) is 19.7 Å². The van der Waals surface area contributed by atoms with Crippen LogP contribution in [0.25, 0.3) is 0 Å². The first-order valence-electron chi connectivity index (χ1n) is 5.82. The number of rotatable bonds is 6. The van der Waals surface area contributed by atoms with E-state index in [9.17, 15) is 9.59 Å². The van der Waals surface area contributed by atoms with Crippen LogP contribution in [0.5, 0.6) is 0 Å². The lowest BCUT2D eigenvalue weighted by Crippen LogP contribution is -2.41. The molecule has 1 fully saturated rings. The molecule has 1 N–H and O–H groups in total. The van der Waals surface area contributed by atoms with Gasteiger partial charge in [0.05, 0.1) is 17.6 Å². The number of carbonyl (C=O) groups is 2. The zero-order valence-electron chi connectivity index (χ0n) is 10.1. The van der Waals surface area contributed by atoms with Crippen LogP contribution in [0.4, 0.5) is 0 Å². The number of aliphatic carboxylic acids is 1. The Bertz CT molecular complexity index is 264. The molecule has 0 saturated carbocycles. The Labute approximate surface area is 105 Å². The van der Waals surface area contributed by atoms with Crippen LogP contribution in [-0.2, 0) is 14.3 Å². The standard InChI is InChI=1S/C11H19NO4S/c1-2-16-9-3-5-12(6-4-9)10(13)7-17-8-11(14)15/h9H,2-8H2,1H3,(H,14,15). The van der Waals surface area contributed by atoms with E-state index in [-0.39, 0.29) is 23.5 Å². The van der Waals surface area contributed by atoms with Crippen molar-refractivity contribution in [2.45, 2.75) is 25.9 Å². The van der Waals surface area contributed by atoms with Gasteiger partial charge >= 0.3 is 5.97 Å². The van der Waals surface area contributed by atoms with E-state index >= 15 is 0 Å². The highest BCUT2D eigenvalue weighted by molar-refractivity contribution is 8.00. The lowest BCUT2D eigenvalue weighted by atomic mass is 10.1. The third-order valence-electron chi connectivity index (χ3n) is 2.65. The van der Waals surface area contributed by atoms with Crippen LogP contribution in [0.1, 0.15) is 19.8 Å². The van der Waals surface area contributed by atoms with Gasteiger partial charge in [-0.1, -0.05) is 0 Å². The molecule has 0 radical (unpaired) electrons. The van der Waals surface area contributed by atoms with E-state index in [4.69, 9.17) is 9.84 Å². The second-order valence-electron chi connectivity index (χ2n) is 3.92. The van der Waals surface area contributed by atoms with Gasteiger partial charge in [-0.25, -0.2) is 0 Å². The number of hydrogen-bond donors (Lipinski definition) is 1. The number of carboxylic acid groups (broad SMARTS) is 1. The maximum atomic E-state index is 11.7. The molecule has 0 aromatic rings. The van der Waals surface area contributed by atoms with E-state index in [1.807, 2.05) is 6.92 Å². The normalized spacial score (nSPS) is 17.1. The Morgan fingerprint density at radius 1 is 1.35 bits per heavy atom. The maximum absolute atomic E-state index is 11.7. The van der Waals surface area contributed by atoms with E-state index in [0.29, 0.717) is 6.61 Å². The van der Waals surface area contributed by atoms with Crippen molar-refractivity contribution < 1.29 is 19.4 Å². The van der Waals surface area contributed by atoms with Crippen LogP contribution in [0.2, 0.25) is 0 Å². The molecule has 0 aromatic heterocycles. The van der Waals surface area contributed by atoms with E-state index in [1.54, 1.807) is 4.90 Å². The van der Waals surface area contributed by atoms with Gasteiger partial charge in [0.25, 0.3) is 0 Å². The summed E-state index contributed by atoms with van der Waals surface area (Å²) >= 11 is 1.15. The first kappa shape index (κ1) is 14.3. The molecule has 0 atom stereocenters.